The molecule has 0 aromatic rings. The Balaban J connectivity index is 2.79. The van der Waals surface area contributed by atoms with Crippen LogP contribution in [-0.2, 0) is 0 Å². The van der Waals surface area contributed by atoms with Gasteiger partial charge in [0.25, 0.3) is 0 Å². The Morgan fingerprint density at radius 3 is 2.71 bits per heavy atom. The first-order chi connectivity index (χ1) is 6.54. The minimum atomic E-state index is 0.517. The van der Waals surface area contributed by atoms with Crippen LogP contribution in [0.5, 0.6) is 0 Å². The molecule has 4 atom stereocenters. The average Bonchev–Trinajstić information content (AvgIpc) is 2.20. The van der Waals surface area contributed by atoms with E-state index in [0.29, 0.717) is 11.3 Å². The molecule has 1 fully saturated rings. The van der Waals surface area contributed by atoms with E-state index in [4.69, 9.17) is 0 Å². The van der Waals surface area contributed by atoms with Crippen molar-refractivity contribution >= 4 is 0 Å². The van der Waals surface area contributed by atoms with E-state index in [1.54, 1.807) is 0 Å². The topological polar surface area (TPSA) is 0 Å². The molecule has 1 aliphatic carbocycles. The van der Waals surface area contributed by atoms with Gasteiger partial charge < -0.3 is 0 Å². The maximum absolute atomic E-state index is 3.97. The maximum Gasteiger partial charge on any atom is -0.0208 e. The summed E-state index contributed by atoms with van der Waals surface area (Å²) in [4.78, 5) is 0. The van der Waals surface area contributed by atoms with E-state index in [1.807, 2.05) is 0 Å². The van der Waals surface area contributed by atoms with Crippen LogP contribution in [0.15, 0.2) is 12.7 Å². The molecule has 0 aromatic heterocycles. The molecule has 0 nitrogen and oxygen atoms in total. The predicted molar refractivity (Wildman–Crippen MR) is 64.3 cm³/mol. The average molecular weight is 194 g/mol. The van der Waals surface area contributed by atoms with Crippen LogP contribution < -0.4 is 0 Å². The molecule has 0 aliphatic heterocycles. The zero-order chi connectivity index (χ0) is 10.8. The lowest BCUT2D eigenvalue weighted by Gasteiger charge is -2.47. The van der Waals surface area contributed by atoms with Gasteiger partial charge in [-0.05, 0) is 36.0 Å². The van der Waals surface area contributed by atoms with Crippen molar-refractivity contribution in [2.75, 3.05) is 0 Å². The molecule has 0 saturated heterocycles. The summed E-state index contributed by atoms with van der Waals surface area (Å²) < 4.78 is 0. The molecule has 0 radical (unpaired) electrons. The Labute approximate surface area is 89.8 Å². The predicted octanol–water partition coefficient (Wildman–Crippen LogP) is 4.66. The van der Waals surface area contributed by atoms with E-state index in [2.05, 4.69) is 40.3 Å². The number of hydrogen-bond donors (Lipinski definition) is 0. The van der Waals surface area contributed by atoms with E-state index in [0.717, 1.165) is 11.8 Å². The van der Waals surface area contributed by atoms with Crippen molar-refractivity contribution < 1.29 is 0 Å². The molecule has 0 N–H and O–H groups in total. The molecular weight excluding hydrogens is 168 g/mol. The molecule has 1 rings (SSSR count). The molecule has 0 heteroatoms. The fraction of sp³-hybridized carbons (Fsp3) is 0.857. The quantitative estimate of drug-likeness (QED) is 0.573. The van der Waals surface area contributed by atoms with E-state index >= 15 is 0 Å². The van der Waals surface area contributed by atoms with Gasteiger partial charge in [-0.2, -0.15) is 0 Å². The van der Waals surface area contributed by atoms with E-state index in [1.165, 1.54) is 25.7 Å². The van der Waals surface area contributed by atoms with E-state index in [-0.39, 0.29) is 0 Å². The first kappa shape index (κ1) is 11.8. The van der Waals surface area contributed by atoms with Crippen LogP contribution in [0, 0.1) is 23.2 Å². The Kier molecular flexibility index (Phi) is 3.80. The minimum Gasteiger partial charge on any atom is -0.103 e. The van der Waals surface area contributed by atoms with Gasteiger partial charge >= 0.3 is 0 Å². The fourth-order valence-electron chi connectivity index (χ4n) is 3.14. The van der Waals surface area contributed by atoms with Crippen molar-refractivity contribution in [1.29, 1.82) is 0 Å². The standard InChI is InChI=1S/C14H26/c1-6-12(4)14(5)9-8-11(3)10-13(14)7-2/h6,11-13H,1,7-10H2,2-5H3/t11?,12?,13?,14-/m1/s1. The lowest BCUT2D eigenvalue weighted by atomic mass is 9.58. The van der Waals surface area contributed by atoms with Gasteiger partial charge in [0.2, 0.25) is 0 Å². The molecule has 0 spiro atoms. The van der Waals surface area contributed by atoms with Gasteiger partial charge in [0.15, 0.2) is 0 Å². The van der Waals surface area contributed by atoms with Crippen LogP contribution in [0.3, 0.4) is 0 Å². The van der Waals surface area contributed by atoms with Crippen LogP contribution in [0.25, 0.3) is 0 Å². The molecule has 0 bridgehead atoms. The van der Waals surface area contributed by atoms with Crippen molar-refractivity contribution in [2.24, 2.45) is 23.2 Å². The molecule has 0 aromatic carbocycles. The third kappa shape index (κ3) is 2.04. The molecular formula is C14H26. The minimum absolute atomic E-state index is 0.517. The van der Waals surface area contributed by atoms with Crippen molar-refractivity contribution in [2.45, 2.75) is 53.4 Å². The first-order valence-electron chi connectivity index (χ1n) is 6.17. The second-order valence-corrected chi connectivity index (χ2v) is 5.51. The molecule has 14 heavy (non-hydrogen) atoms. The van der Waals surface area contributed by atoms with Gasteiger partial charge in [-0.15, -0.1) is 6.58 Å². The second kappa shape index (κ2) is 4.51. The summed E-state index contributed by atoms with van der Waals surface area (Å²) in [6, 6.07) is 0. The summed E-state index contributed by atoms with van der Waals surface area (Å²) >= 11 is 0. The van der Waals surface area contributed by atoms with Gasteiger partial charge in [-0.3, -0.25) is 0 Å². The van der Waals surface area contributed by atoms with Gasteiger partial charge in [0, 0.05) is 0 Å². The molecule has 3 unspecified atom stereocenters. The highest BCUT2D eigenvalue weighted by Gasteiger charge is 2.40. The molecule has 1 saturated carbocycles. The fourth-order valence-corrected chi connectivity index (χ4v) is 3.14. The lowest BCUT2D eigenvalue weighted by molar-refractivity contribution is 0.0470. The van der Waals surface area contributed by atoms with Crippen LogP contribution >= 0.6 is 0 Å². The normalized spacial score (nSPS) is 40.6. The van der Waals surface area contributed by atoms with Gasteiger partial charge in [0.1, 0.15) is 0 Å². The van der Waals surface area contributed by atoms with Gasteiger partial charge in [0.05, 0.1) is 0 Å². The van der Waals surface area contributed by atoms with Gasteiger partial charge in [-0.25, -0.2) is 0 Å². The Bertz CT molecular complexity index is 194. The zero-order valence-corrected chi connectivity index (χ0v) is 10.3. The molecule has 82 valence electrons. The van der Waals surface area contributed by atoms with E-state index in [9.17, 15) is 0 Å². The first-order valence-corrected chi connectivity index (χ1v) is 6.17. The smallest absolute Gasteiger partial charge is 0.0208 e. The summed E-state index contributed by atoms with van der Waals surface area (Å²) in [6.07, 6.45) is 7.70. The van der Waals surface area contributed by atoms with Crippen molar-refractivity contribution in [3.63, 3.8) is 0 Å². The Hall–Kier alpha value is -0.260. The van der Waals surface area contributed by atoms with Gasteiger partial charge in [-0.1, -0.05) is 46.6 Å². The number of rotatable bonds is 3. The monoisotopic (exact) mass is 194 g/mol. The van der Waals surface area contributed by atoms with Crippen LogP contribution in [-0.4, -0.2) is 0 Å². The van der Waals surface area contributed by atoms with Crippen LogP contribution in [0.4, 0.5) is 0 Å². The second-order valence-electron chi connectivity index (χ2n) is 5.51. The Morgan fingerprint density at radius 1 is 1.57 bits per heavy atom. The lowest BCUT2D eigenvalue weighted by Crippen LogP contribution is -2.37. The maximum atomic E-state index is 3.97. The molecule has 1 aliphatic rings. The summed E-state index contributed by atoms with van der Waals surface area (Å²) in [5.41, 5.74) is 0.517. The van der Waals surface area contributed by atoms with Crippen molar-refractivity contribution in [1.82, 2.24) is 0 Å². The highest BCUT2D eigenvalue weighted by molar-refractivity contribution is 4.96. The highest BCUT2D eigenvalue weighted by atomic mass is 14.4. The van der Waals surface area contributed by atoms with E-state index < -0.39 is 0 Å². The zero-order valence-electron chi connectivity index (χ0n) is 10.3. The summed E-state index contributed by atoms with van der Waals surface area (Å²) in [5.74, 6) is 2.50. The summed E-state index contributed by atoms with van der Waals surface area (Å²) in [6.45, 7) is 13.5. The largest absolute Gasteiger partial charge is 0.103 e. The number of hydrogen-bond acceptors (Lipinski definition) is 0. The number of allylic oxidation sites excluding steroid dienone is 1. The van der Waals surface area contributed by atoms with Crippen molar-refractivity contribution in [3.8, 4) is 0 Å². The third-order valence-electron chi connectivity index (χ3n) is 4.68. The SMILES string of the molecule is C=CC(C)[C@@]1(C)CCC(C)CC1CC. The van der Waals surface area contributed by atoms with Crippen molar-refractivity contribution in [3.05, 3.63) is 12.7 Å². The highest BCUT2D eigenvalue weighted by Crippen LogP contribution is 2.49. The third-order valence-corrected chi connectivity index (χ3v) is 4.68. The Morgan fingerprint density at radius 2 is 2.21 bits per heavy atom. The van der Waals surface area contributed by atoms with Crippen LogP contribution in [0.1, 0.15) is 53.4 Å². The van der Waals surface area contributed by atoms with Crippen LogP contribution in [0.2, 0.25) is 0 Å². The summed E-state index contributed by atoms with van der Waals surface area (Å²) in [7, 11) is 0. The molecule has 0 heterocycles. The molecule has 0 amide bonds. The summed E-state index contributed by atoms with van der Waals surface area (Å²) in [5, 5.41) is 0.